The first-order valence-electron chi connectivity index (χ1n) is 4.77. The zero-order valence-electron chi connectivity index (χ0n) is 8.61. The van der Waals surface area contributed by atoms with Crippen molar-refractivity contribution in [1.29, 1.82) is 0 Å². The van der Waals surface area contributed by atoms with Crippen LogP contribution < -0.4 is 0 Å². The van der Waals surface area contributed by atoms with Gasteiger partial charge < -0.3 is 4.90 Å². The first kappa shape index (κ1) is 10.5. The minimum atomic E-state index is -0.256. The van der Waals surface area contributed by atoms with Gasteiger partial charge in [-0.15, -0.1) is 11.8 Å². The van der Waals surface area contributed by atoms with Crippen molar-refractivity contribution in [2.24, 2.45) is 0 Å². The van der Waals surface area contributed by atoms with E-state index in [1.54, 1.807) is 29.8 Å². The standard InChI is InChI=1S/C11H12FNOS/c1-7-10(14)13(2)11(15-7)8-4-3-5-9(12)6-8/h3-7,11H,1-2H3/t7-,11+/m0/s1. The van der Waals surface area contributed by atoms with Gasteiger partial charge in [-0.1, -0.05) is 12.1 Å². The Hall–Kier alpha value is -1.03. The van der Waals surface area contributed by atoms with E-state index < -0.39 is 0 Å². The van der Waals surface area contributed by atoms with E-state index in [0.29, 0.717) is 0 Å². The molecule has 2 nitrogen and oxygen atoms in total. The van der Waals surface area contributed by atoms with E-state index >= 15 is 0 Å². The molecular formula is C11H12FNOS. The van der Waals surface area contributed by atoms with Gasteiger partial charge in [0.15, 0.2) is 0 Å². The molecule has 0 radical (unpaired) electrons. The van der Waals surface area contributed by atoms with Crippen molar-refractivity contribution >= 4 is 17.7 Å². The normalized spacial score (nSPS) is 26.1. The highest BCUT2D eigenvalue weighted by atomic mass is 32.2. The topological polar surface area (TPSA) is 20.3 Å². The summed E-state index contributed by atoms with van der Waals surface area (Å²) in [5.74, 6) is -0.150. The molecule has 1 fully saturated rings. The van der Waals surface area contributed by atoms with Crippen molar-refractivity contribution in [1.82, 2.24) is 4.90 Å². The van der Waals surface area contributed by atoms with Crippen molar-refractivity contribution in [2.45, 2.75) is 17.5 Å². The monoisotopic (exact) mass is 225 g/mol. The smallest absolute Gasteiger partial charge is 0.236 e. The lowest BCUT2D eigenvalue weighted by molar-refractivity contribution is -0.128. The van der Waals surface area contributed by atoms with Crippen LogP contribution in [0, 0.1) is 5.82 Å². The van der Waals surface area contributed by atoms with Crippen molar-refractivity contribution in [3.63, 3.8) is 0 Å². The molecule has 0 aliphatic carbocycles. The Kier molecular flexibility index (Phi) is 2.69. The fourth-order valence-electron chi connectivity index (χ4n) is 1.71. The van der Waals surface area contributed by atoms with Gasteiger partial charge in [0.25, 0.3) is 0 Å². The fraction of sp³-hybridized carbons (Fsp3) is 0.364. The molecule has 1 aliphatic heterocycles. The third-order valence-electron chi connectivity index (χ3n) is 2.51. The van der Waals surface area contributed by atoms with Gasteiger partial charge in [0.1, 0.15) is 11.2 Å². The third kappa shape index (κ3) is 1.86. The summed E-state index contributed by atoms with van der Waals surface area (Å²) in [6.45, 7) is 1.88. The molecule has 0 bridgehead atoms. The van der Waals surface area contributed by atoms with E-state index in [1.165, 1.54) is 12.1 Å². The summed E-state index contributed by atoms with van der Waals surface area (Å²) < 4.78 is 13.0. The summed E-state index contributed by atoms with van der Waals surface area (Å²) in [5.41, 5.74) is 0.847. The molecule has 0 spiro atoms. The zero-order chi connectivity index (χ0) is 11.0. The van der Waals surface area contributed by atoms with E-state index in [2.05, 4.69) is 0 Å². The van der Waals surface area contributed by atoms with Crippen LogP contribution in [0.4, 0.5) is 4.39 Å². The Morgan fingerprint density at radius 2 is 2.20 bits per heavy atom. The van der Waals surface area contributed by atoms with Crippen LogP contribution in [0.1, 0.15) is 17.9 Å². The van der Waals surface area contributed by atoms with Gasteiger partial charge >= 0.3 is 0 Å². The molecule has 1 heterocycles. The average Bonchev–Trinajstić information content (AvgIpc) is 2.46. The number of benzene rings is 1. The lowest BCUT2D eigenvalue weighted by Crippen LogP contribution is -2.25. The number of nitrogens with zero attached hydrogens (tertiary/aromatic N) is 1. The lowest BCUT2D eigenvalue weighted by Gasteiger charge is -2.18. The summed E-state index contributed by atoms with van der Waals surface area (Å²) in [5, 5.41) is -0.0912. The largest absolute Gasteiger partial charge is 0.329 e. The quantitative estimate of drug-likeness (QED) is 0.731. The Morgan fingerprint density at radius 1 is 1.47 bits per heavy atom. The van der Waals surface area contributed by atoms with Gasteiger partial charge in [0.2, 0.25) is 5.91 Å². The zero-order valence-corrected chi connectivity index (χ0v) is 9.42. The average molecular weight is 225 g/mol. The summed E-state index contributed by atoms with van der Waals surface area (Å²) in [6, 6.07) is 6.42. The molecule has 4 heteroatoms. The maximum Gasteiger partial charge on any atom is 0.236 e. The second-order valence-electron chi connectivity index (χ2n) is 3.63. The summed E-state index contributed by atoms with van der Waals surface area (Å²) in [6.07, 6.45) is 0. The number of hydrogen-bond acceptors (Lipinski definition) is 2. The number of amides is 1. The Balaban J connectivity index is 2.29. The minimum absolute atomic E-state index is 0.0386. The fourth-order valence-corrected chi connectivity index (χ4v) is 2.97. The van der Waals surface area contributed by atoms with Gasteiger partial charge in [0.05, 0.1) is 5.25 Å². The van der Waals surface area contributed by atoms with Crippen LogP contribution in [-0.4, -0.2) is 23.1 Å². The van der Waals surface area contributed by atoms with Crippen molar-refractivity contribution in [3.8, 4) is 0 Å². The molecule has 0 aromatic heterocycles. The molecule has 2 rings (SSSR count). The first-order chi connectivity index (χ1) is 7.09. The van der Waals surface area contributed by atoms with Crippen molar-refractivity contribution in [3.05, 3.63) is 35.6 Å². The lowest BCUT2D eigenvalue weighted by atomic mass is 10.2. The van der Waals surface area contributed by atoms with Crippen molar-refractivity contribution < 1.29 is 9.18 Å². The Labute approximate surface area is 92.5 Å². The van der Waals surface area contributed by atoms with Gasteiger partial charge in [-0.3, -0.25) is 4.79 Å². The van der Waals surface area contributed by atoms with Crippen LogP contribution in [0.5, 0.6) is 0 Å². The predicted octanol–water partition coefficient (Wildman–Crippen LogP) is 2.42. The molecule has 1 saturated heterocycles. The summed E-state index contributed by atoms with van der Waals surface area (Å²) in [4.78, 5) is 13.3. The number of carbonyl (C=O) groups excluding carboxylic acids is 1. The van der Waals surface area contributed by atoms with Gasteiger partial charge in [0, 0.05) is 7.05 Å². The minimum Gasteiger partial charge on any atom is -0.329 e. The molecule has 1 aromatic rings. The first-order valence-corrected chi connectivity index (χ1v) is 5.71. The highest BCUT2D eigenvalue weighted by Gasteiger charge is 2.35. The second-order valence-corrected chi connectivity index (χ2v) is 5.06. The molecule has 1 amide bonds. The van der Waals surface area contributed by atoms with E-state index in [9.17, 15) is 9.18 Å². The van der Waals surface area contributed by atoms with Crippen LogP contribution >= 0.6 is 11.8 Å². The number of thioether (sulfide) groups is 1. The number of rotatable bonds is 1. The van der Waals surface area contributed by atoms with Crippen LogP contribution in [0.2, 0.25) is 0 Å². The molecular weight excluding hydrogens is 213 g/mol. The number of carbonyl (C=O) groups is 1. The van der Waals surface area contributed by atoms with Gasteiger partial charge in [-0.2, -0.15) is 0 Å². The molecule has 2 atom stereocenters. The van der Waals surface area contributed by atoms with Crippen LogP contribution in [-0.2, 0) is 4.79 Å². The van der Waals surface area contributed by atoms with Crippen LogP contribution in [0.3, 0.4) is 0 Å². The molecule has 0 saturated carbocycles. The SMILES string of the molecule is C[C@@H]1S[C@H](c2cccc(F)c2)N(C)C1=O. The molecule has 80 valence electrons. The maximum atomic E-state index is 13.0. The van der Waals surface area contributed by atoms with E-state index in [-0.39, 0.29) is 22.3 Å². The Morgan fingerprint density at radius 3 is 2.73 bits per heavy atom. The second kappa shape index (κ2) is 3.85. The van der Waals surface area contributed by atoms with Gasteiger partial charge in [-0.25, -0.2) is 4.39 Å². The molecule has 15 heavy (non-hydrogen) atoms. The maximum absolute atomic E-state index is 13.0. The molecule has 0 N–H and O–H groups in total. The van der Waals surface area contributed by atoms with Crippen LogP contribution in [0.25, 0.3) is 0 Å². The summed E-state index contributed by atoms with van der Waals surface area (Å²) >= 11 is 1.55. The predicted molar refractivity (Wildman–Crippen MR) is 59.0 cm³/mol. The van der Waals surface area contributed by atoms with Crippen molar-refractivity contribution in [2.75, 3.05) is 7.05 Å². The van der Waals surface area contributed by atoms with Gasteiger partial charge in [-0.05, 0) is 24.6 Å². The number of hydrogen-bond donors (Lipinski definition) is 0. The molecule has 0 unspecified atom stereocenters. The van der Waals surface area contributed by atoms with E-state index in [1.807, 2.05) is 13.0 Å². The Bertz CT molecular complexity index is 396. The number of halogens is 1. The summed E-state index contributed by atoms with van der Waals surface area (Å²) in [7, 11) is 1.76. The highest BCUT2D eigenvalue weighted by Crippen LogP contribution is 2.41. The molecule has 1 aromatic carbocycles. The molecule has 1 aliphatic rings. The third-order valence-corrected chi connectivity index (χ3v) is 3.97. The highest BCUT2D eigenvalue weighted by molar-refractivity contribution is 8.01. The van der Waals surface area contributed by atoms with E-state index in [4.69, 9.17) is 0 Å². The van der Waals surface area contributed by atoms with E-state index in [0.717, 1.165) is 5.56 Å². The van der Waals surface area contributed by atoms with Crippen LogP contribution in [0.15, 0.2) is 24.3 Å².